The Morgan fingerprint density at radius 2 is 2.04 bits per heavy atom. The number of nitrogens with zero attached hydrogens (tertiary/aromatic N) is 2. The molecule has 0 aliphatic carbocycles. The van der Waals surface area contributed by atoms with Gasteiger partial charge in [0, 0.05) is 36.4 Å². The Hall–Kier alpha value is -2.34. The first-order valence-electron chi connectivity index (χ1n) is 8.76. The summed E-state index contributed by atoms with van der Waals surface area (Å²) in [7, 11) is 0. The fraction of sp³-hybridized carbons (Fsp3) is 0.474. The number of carbonyl (C=O) groups is 1. The molecule has 6 heteroatoms. The van der Waals surface area contributed by atoms with Gasteiger partial charge in [0.05, 0.1) is 12.8 Å². The van der Waals surface area contributed by atoms with E-state index in [1.165, 1.54) is 0 Å². The van der Waals surface area contributed by atoms with E-state index in [9.17, 15) is 4.79 Å². The van der Waals surface area contributed by atoms with Gasteiger partial charge >= 0.3 is 6.03 Å². The molecule has 2 amide bonds. The van der Waals surface area contributed by atoms with Gasteiger partial charge in [-0.1, -0.05) is 13.8 Å². The van der Waals surface area contributed by atoms with Crippen molar-refractivity contribution >= 4 is 11.7 Å². The van der Waals surface area contributed by atoms with Gasteiger partial charge in [-0.25, -0.2) is 9.78 Å². The maximum Gasteiger partial charge on any atom is 0.322 e. The fourth-order valence-corrected chi connectivity index (χ4v) is 2.78. The molecule has 0 saturated carbocycles. The Morgan fingerprint density at radius 3 is 2.72 bits per heavy atom. The number of oxazole rings is 1. The number of nitrogens with one attached hydrogen (secondary N) is 1. The Balaban J connectivity index is 1.66. The van der Waals surface area contributed by atoms with Crippen LogP contribution in [0.25, 0.3) is 11.5 Å². The molecule has 0 radical (unpaired) electrons. The molecule has 3 rings (SSSR count). The van der Waals surface area contributed by atoms with Crippen LogP contribution in [0.3, 0.4) is 0 Å². The Bertz CT molecular complexity index is 709. The van der Waals surface area contributed by atoms with Crippen LogP contribution in [0.2, 0.25) is 0 Å². The Morgan fingerprint density at radius 1 is 1.28 bits per heavy atom. The smallest absolute Gasteiger partial charge is 0.322 e. The quantitative estimate of drug-likeness (QED) is 0.911. The molecule has 0 spiro atoms. The lowest BCUT2D eigenvalue weighted by Crippen LogP contribution is -2.42. The third-order valence-corrected chi connectivity index (χ3v) is 4.43. The van der Waals surface area contributed by atoms with Crippen molar-refractivity contribution in [2.75, 3.05) is 25.1 Å². The summed E-state index contributed by atoms with van der Waals surface area (Å²) < 4.78 is 11.2. The molecule has 6 nitrogen and oxygen atoms in total. The third-order valence-electron chi connectivity index (χ3n) is 4.43. The minimum atomic E-state index is -0.0935. The number of rotatable bonds is 3. The number of urea groups is 1. The van der Waals surface area contributed by atoms with E-state index in [4.69, 9.17) is 9.15 Å². The molecular weight excluding hydrogens is 318 g/mol. The van der Waals surface area contributed by atoms with Crippen LogP contribution in [-0.4, -0.2) is 41.7 Å². The molecule has 2 aromatic rings. The summed E-state index contributed by atoms with van der Waals surface area (Å²) in [6.07, 6.45) is 2.62. The predicted molar refractivity (Wildman–Crippen MR) is 96.7 cm³/mol. The second-order valence-corrected chi connectivity index (χ2v) is 6.67. The Labute approximate surface area is 148 Å². The lowest BCUT2D eigenvalue weighted by atomic mass is 10.2. The number of carbonyl (C=O) groups excluding carboxylic acids is 1. The van der Waals surface area contributed by atoms with Crippen molar-refractivity contribution in [2.24, 2.45) is 0 Å². The van der Waals surface area contributed by atoms with E-state index < -0.39 is 0 Å². The summed E-state index contributed by atoms with van der Waals surface area (Å²) in [6.45, 7) is 8.08. The van der Waals surface area contributed by atoms with Gasteiger partial charge < -0.3 is 19.4 Å². The SMILES string of the molecule is CC(C)c1cnc(-c2ccc(NC(=O)N3CCOCCC3C)cc2)o1. The number of anilines is 1. The van der Waals surface area contributed by atoms with Crippen molar-refractivity contribution in [3.05, 3.63) is 36.2 Å². The Kier molecular flexibility index (Phi) is 5.38. The van der Waals surface area contributed by atoms with E-state index in [1.807, 2.05) is 36.1 Å². The maximum atomic E-state index is 12.5. The normalized spacial score (nSPS) is 18.2. The summed E-state index contributed by atoms with van der Waals surface area (Å²) in [4.78, 5) is 18.6. The second kappa shape index (κ2) is 7.70. The summed E-state index contributed by atoms with van der Waals surface area (Å²) >= 11 is 0. The largest absolute Gasteiger partial charge is 0.441 e. The summed E-state index contributed by atoms with van der Waals surface area (Å²) in [6, 6.07) is 7.62. The van der Waals surface area contributed by atoms with Gasteiger partial charge in [0.1, 0.15) is 5.76 Å². The predicted octanol–water partition coefficient (Wildman–Crippen LogP) is 4.11. The second-order valence-electron chi connectivity index (χ2n) is 6.67. The number of ether oxygens (including phenoxy) is 1. The average Bonchev–Trinajstić information content (AvgIpc) is 2.99. The highest BCUT2D eigenvalue weighted by Crippen LogP contribution is 2.24. The van der Waals surface area contributed by atoms with Crippen molar-refractivity contribution in [1.82, 2.24) is 9.88 Å². The van der Waals surface area contributed by atoms with Crippen LogP contribution in [0.1, 0.15) is 38.9 Å². The zero-order valence-corrected chi connectivity index (χ0v) is 15.0. The molecule has 2 heterocycles. The number of aromatic nitrogens is 1. The van der Waals surface area contributed by atoms with Crippen LogP contribution in [0, 0.1) is 0 Å². The van der Waals surface area contributed by atoms with Gasteiger partial charge in [-0.2, -0.15) is 0 Å². The van der Waals surface area contributed by atoms with Gasteiger partial charge in [0.2, 0.25) is 5.89 Å². The molecule has 1 fully saturated rings. The first-order valence-corrected chi connectivity index (χ1v) is 8.76. The van der Waals surface area contributed by atoms with E-state index >= 15 is 0 Å². The van der Waals surface area contributed by atoms with Crippen LogP contribution in [-0.2, 0) is 4.74 Å². The first kappa shape index (κ1) is 17.5. The van der Waals surface area contributed by atoms with E-state index in [0.29, 0.717) is 31.6 Å². The highest BCUT2D eigenvalue weighted by Gasteiger charge is 2.22. The highest BCUT2D eigenvalue weighted by atomic mass is 16.5. The third kappa shape index (κ3) is 4.20. The number of benzene rings is 1. The van der Waals surface area contributed by atoms with Crippen molar-refractivity contribution in [1.29, 1.82) is 0 Å². The maximum absolute atomic E-state index is 12.5. The molecule has 134 valence electrons. The first-order chi connectivity index (χ1) is 12.0. The minimum absolute atomic E-state index is 0.0935. The monoisotopic (exact) mass is 343 g/mol. The van der Waals surface area contributed by atoms with E-state index in [1.54, 1.807) is 6.20 Å². The molecule has 1 aromatic carbocycles. The molecule has 1 saturated heterocycles. The lowest BCUT2D eigenvalue weighted by molar-refractivity contribution is 0.143. The minimum Gasteiger partial charge on any atom is -0.441 e. The van der Waals surface area contributed by atoms with E-state index in [2.05, 4.69) is 24.1 Å². The lowest BCUT2D eigenvalue weighted by Gasteiger charge is -2.26. The number of hydrogen-bond acceptors (Lipinski definition) is 4. The molecule has 1 unspecified atom stereocenters. The average molecular weight is 343 g/mol. The summed E-state index contributed by atoms with van der Waals surface area (Å²) in [5.74, 6) is 1.77. The standard InChI is InChI=1S/C19H25N3O3/c1-13(2)17-12-20-18(25-17)15-4-6-16(7-5-15)21-19(23)22-9-11-24-10-8-14(22)3/h4-7,12-14H,8-11H2,1-3H3,(H,21,23). The van der Waals surface area contributed by atoms with Crippen LogP contribution < -0.4 is 5.32 Å². The van der Waals surface area contributed by atoms with Gasteiger partial charge in [-0.3, -0.25) is 0 Å². The van der Waals surface area contributed by atoms with E-state index in [-0.39, 0.29) is 12.1 Å². The van der Waals surface area contributed by atoms with Crippen molar-refractivity contribution < 1.29 is 13.9 Å². The van der Waals surface area contributed by atoms with Gasteiger partial charge in [0.15, 0.2) is 0 Å². The van der Waals surface area contributed by atoms with Crippen molar-refractivity contribution in [3.8, 4) is 11.5 Å². The van der Waals surface area contributed by atoms with Crippen molar-refractivity contribution in [2.45, 2.75) is 39.2 Å². The topological polar surface area (TPSA) is 67.6 Å². The molecule has 1 aliphatic heterocycles. The van der Waals surface area contributed by atoms with Crippen LogP contribution in [0.5, 0.6) is 0 Å². The summed E-state index contributed by atoms with van der Waals surface area (Å²) in [5.41, 5.74) is 1.64. The molecular formula is C19H25N3O3. The van der Waals surface area contributed by atoms with Gasteiger partial charge in [-0.05, 0) is 37.6 Å². The number of hydrogen-bond donors (Lipinski definition) is 1. The zero-order valence-electron chi connectivity index (χ0n) is 15.0. The molecule has 1 N–H and O–H groups in total. The fourth-order valence-electron chi connectivity index (χ4n) is 2.78. The zero-order chi connectivity index (χ0) is 17.8. The van der Waals surface area contributed by atoms with Gasteiger partial charge in [-0.15, -0.1) is 0 Å². The molecule has 1 atom stereocenters. The van der Waals surface area contributed by atoms with Crippen LogP contribution in [0.15, 0.2) is 34.9 Å². The highest BCUT2D eigenvalue weighted by molar-refractivity contribution is 5.89. The summed E-state index contributed by atoms with van der Waals surface area (Å²) in [5, 5.41) is 2.95. The molecule has 0 bridgehead atoms. The van der Waals surface area contributed by atoms with Crippen LogP contribution in [0.4, 0.5) is 10.5 Å². The number of amides is 2. The molecule has 1 aliphatic rings. The van der Waals surface area contributed by atoms with E-state index in [0.717, 1.165) is 23.4 Å². The molecule has 25 heavy (non-hydrogen) atoms. The molecule has 1 aromatic heterocycles. The van der Waals surface area contributed by atoms with Crippen LogP contribution >= 0.6 is 0 Å². The van der Waals surface area contributed by atoms with Gasteiger partial charge in [0.25, 0.3) is 0 Å². The van der Waals surface area contributed by atoms with Crippen molar-refractivity contribution in [3.63, 3.8) is 0 Å².